The van der Waals surface area contributed by atoms with Crippen molar-refractivity contribution in [1.29, 1.82) is 0 Å². The number of fused-ring (bicyclic) bond motifs is 1. The van der Waals surface area contributed by atoms with Crippen molar-refractivity contribution >= 4 is 11.6 Å². The van der Waals surface area contributed by atoms with E-state index in [0.717, 1.165) is 23.2 Å². The molecule has 17 heavy (non-hydrogen) atoms. The largest absolute Gasteiger partial charge is 0.384 e. The number of amides is 1. The first-order valence-electron chi connectivity index (χ1n) is 5.78. The molecule has 4 nitrogen and oxygen atoms in total. The maximum atomic E-state index is 11.6. The fraction of sp³-hybridized carbons (Fsp3) is 0.462. The molecular formula is C13H18N2O2. The number of nitrogens with zero attached hydrogens (tertiary/aromatic N) is 1. The summed E-state index contributed by atoms with van der Waals surface area (Å²) in [5.74, 6) is 0.135. The molecule has 0 aliphatic carbocycles. The van der Waals surface area contributed by atoms with Gasteiger partial charge in [0.15, 0.2) is 0 Å². The molecule has 0 bridgehead atoms. The molecule has 1 heterocycles. The second-order valence-electron chi connectivity index (χ2n) is 4.77. The molecule has 1 aromatic carbocycles. The summed E-state index contributed by atoms with van der Waals surface area (Å²) < 4.78 is 0. The minimum absolute atomic E-state index is 0.135. The number of nitrogens with two attached hydrogens (primary N) is 1. The van der Waals surface area contributed by atoms with Gasteiger partial charge in [0, 0.05) is 25.7 Å². The van der Waals surface area contributed by atoms with Gasteiger partial charge in [0.25, 0.3) is 0 Å². The van der Waals surface area contributed by atoms with Gasteiger partial charge in [-0.3, -0.25) is 4.79 Å². The minimum Gasteiger partial charge on any atom is -0.384 e. The van der Waals surface area contributed by atoms with Gasteiger partial charge in [0.2, 0.25) is 5.91 Å². The number of hydrogen-bond donors (Lipinski definition) is 2. The van der Waals surface area contributed by atoms with E-state index in [0.29, 0.717) is 6.42 Å². The average Bonchev–Trinajstić information content (AvgIpc) is 2.33. The molecule has 0 aromatic heterocycles. The monoisotopic (exact) mass is 234 g/mol. The van der Waals surface area contributed by atoms with E-state index in [1.54, 1.807) is 18.9 Å². The predicted molar refractivity (Wildman–Crippen MR) is 66.8 cm³/mol. The molecule has 1 unspecified atom stereocenters. The number of carbonyl (C=O) groups excluding carboxylic acids is 1. The van der Waals surface area contributed by atoms with Gasteiger partial charge in [-0.2, -0.15) is 0 Å². The van der Waals surface area contributed by atoms with Crippen molar-refractivity contribution < 1.29 is 9.90 Å². The molecule has 1 aliphatic heterocycles. The van der Waals surface area contributed by atoms with Gasteiger partial charge in [0.05, 0.1) is 5.60 Å². The highest BCUT2D eigenvalue weighted by atomic mass is 16.3. The quantitative estimate of drug-likeness (QED) is 0.794. The van der Waals surface area contributed by atoms with Crippen LogP contribution in [0.5, 0.6) is 0 Å². The molecule has 0 radical (unpaired) electrons. The van der Waals surface area contributed by atoms with Crippen LogP contribution >= 0.6 is 0 Å². The lowest BCUT2D eigenvalue weighted by Gasteiger charge is -2.28. The highest BCUT2D eigenvalue weighted by Gasteiger charge is 2.25. The van der Waals surface area contributed by atoms with E-state index in [2.05, 4.69) is 0 Å². The van der Waals surface area contributed by atoms with E-state index in [1.165, 1.54) is 0 Å². The van der Waals surface area contributed by atoms with Gasteiger partial charge in [-0.25, -0.2) is 0 Å². The van der Waals surface area contributed by atoms with Crippen molar-refractivity contribution in [2.75, 3.05) is 18.5 Å². The number of aliphatic hydroxyl groups is 1. The Morgan fingerprint density at radius 2 is 2.18 bits per heavy atom. The summed E-state index contributed by atoms with van der Waals surface area (Å²) in [5.41, 5.74) is 7.38. The Labute approximate surface area is 101 Å². The van der Waals surface area contributed by atoms with Crippen LogP contribution in [0.25, 0.3) is 0 Å². The zero-order chi connectivity index (χ0) is 12.6. The zero-order valence-corrected chi connectivity index (χ0v) is 10.2. The van der Waals surface area contributed by atoms with Crippen LogP contribution in [-0.2, 0) is 16.8 Å². The van der Waals surface area contributed by atoms with Crippen LogP contribution < -0.4 is 10.6 Å². The summed E-state index contributed by atoms with van der Waals surface area (Å²) in [6, 6.07) is 5.66. The molecule has 1 amide bonds. The molecule has 2 rings (SSSR count). The molecule has 0 fully saturated rings. The first-order valence-corrected chi connectivity index (χ1v) is 5.78. The Bertz CT molecular complexity index is 455. The van der Waals surface area contributed by atoms with E-state index in [4.69, 9.17) is 5.73 Å². The molecule has 1 atom stereocenters. The minimum atomic E-state index is -1.00. The van der Waals surface area contributed by atoms with Crippen molar-refractivity contribution in [3.63, 3.8) is 0 Å². The zero-order valence-electron chi connectivity index (χ0n) is 10.2. The van der Waals surface area contributed by atoms with Crippen LogP contribution in [0, 0.1) is 0 Å². The first kappa shape index (κ1) is 12.1. The Morgan fingerprint density at radius 3 is 2.82 bits per heavy atom. The van der Waals surface area contributed by atoms with Crippen molar-refractivity contribution in [2.45, 2.75) is 25.4 Å². The van der Waals surface area contributed by atoms with Crippen LogP contribution in [0.2, 0.25) is 0 Å². The number of carbonyl (C=O) groups is 1. The SMILES string of the molecule is CN1C(=O)CCc2cc(C(C)(O)CN)ccc21. The summed E-state index contributed by atoms with van der Waals surface area (Å²) in [7, 11) is 1.78. The maximum Gasteiger partial charge on any atom is 0.227 e. The molecule has 1 aliphatic rings. The summed E-state index contributed by atoms with van der Waals surface area (Å²) in [5, 5.41) is 10.1. The Morgan fingerprint density at radius 1 is 1.47 bits per heavy atom. The third-order valence-corrected chi connectivity index (χ3v) is 3.44. The Balaban J connectivity index is 2.42. The van der Waals surface area contributed by atoms with Crippen molar-refractivity contribution in [3.8, 4) is 0 Å². The van der Waals surface area contributed by atoms with Crippen LogP contribution in [0.4, 0.5) is 5.69 Å². The number of hydrogen-bond acceptors (Lipinski definition) is 3. The molecule has 1 aromatic rings. The van der Waals surface area contributed by atoms with Gasteiger partial charge in [0.1, 0.15) is 0 Å². The van der Waals surface area contributed by atoms with Crippen LogP contribution in [0.15, 0.2) is 18.2 Å². The molecule has 3 N–H and O–H groups in total. The van der Waals surface area contributed by atoms with Gasteiger partial charge >= 0.3 is 0 Å². The van der Waals surface area contributed by atoms with Gasteiger partial charge < -0.3 is 15.7 Å². The summed E-state index contributed by atoms with van der Waals surface area (Å²) in [6.45, 7) is 1.88. The van der Waals surface area contributed by atoms with E-state index in [1.807, 2.05) is 18.2 Å². The highest BCUT2D eigenvalue weighted by Crippen LogP contribution is 2.30. The topological polar surface area (TPSA) is 66.6 Å². The second-order valence-corrected chi connectivity index (χ2v) is 4.77. The maximum absolute atomic E-state index is 11.6. The first-order chi connectivity index (χ1) is 7.95. The normalized spacial score (nSPS) is 18.8. The molecule has 0 saturated heterocycles. The Hall–Kier alpha value is -1.39. The standard InChI is InChI=1S/C13H18N2O2/c1-13(17,8-14)10-4-5-11-9(7-10)3-6-12(16)15(11)2/h4-5,7,17H,3,6,8,14H2,1-2H3. The summed E-state index contributed by atoms with van der Waals surface area (Å²) in [4.78, 5) is 13.2. The number of anilines is 1. The molecule has 0 saturated carbocycles. The lowest BCUT2D eigenvalue weighted by Crippen LogP contribution is -2.33. The van der Waals surface area contributed by atoms with Crippen molar-refractivity contribution in [2.24, 2.45) is 5.73 Å². The van der Waals surface area contributed by atoms with E-state index in [9.17, 15) is 9.90 Å². The van der Waals surface area contributed by atoms with Gasteiger partial charge in [-0.1, -0.05) is 12.1 Å². The molecular weight excluding hydrogens is 216 g/mol. The number of aryl methyl sites for hydroxylation is 1. The van der Waals surface area contributed by atoms with Gasteiger partial charge in [-0.05, 0) is 30.5 Å². The van der Waals surface area contributed by atoms with Crippen LogP contribution in [-0.4, -0.2) is 24.6 Å². The fourth-order valence-corrected chi connectivity index (χ4v) is 2.11. The molecule has 4 heteroatoms. The number of benzene rings is 1. The van der Waals surface area contributed by atoms with Crippen LogP contribution in [0.1, 0.15) is 24.5 Å². The third-order valence-electron chi connectivity index (χ3n) is 3.44. The smallest absolute Gasteiger partial charge is 0.227 e. The summed E-state index contributed by atoms with van der Waals surface area (Å²) >= 11 is 0. The third kappa shape index (κ3) is 2.06. The van der Waals surface area contributed by atoms with E-state index < -0.39 is 5.60 Å². The second kappa shape index (κ2) is 4.13. The predicted octanol–water partition coefficient (Wildman–Crippen LogP) is 0.762. The fourth-order valence-electron chi connectivity index (χ4n) is 2.11. The highest BCUT2D eigenvalue weighted by molar-refractivity contribution is 5.95. The summed E-state index contributed by atoms with van der Waals surface area (Å²) in [6.07, 6.45) is 1.25. The lowest BCUT2D eigenvalue weighted by molar-refractivity contribution is -0.118. The van der Waals surface area contributed by atoms with E-state index in [-0.39, 0.29) is 12.5 Å². The van der Waals surface area contributed by atoms with Crippen molar-refractivity contribution in [1.82, 2.24) is 0 Å². The average molecular weight is 234 g/mol. The van der Waals surface area contributed by atoms with Gasteiger partial charge in [-0.15, -0.1) is 0 Å². The van der Waals surface area contributed by atoms with Crippen LogP contribution in [0.3, 0.4) is 0 Å². The van der Waals surface area contributed by atoms with Crippen molar-refractivity contribution in [3.05, 3.63) is 29.3 Å². The number of rotatable bonds is 2. The lowest BCUT2D eigenvalue weighted by atomic mass is 9.91. The molecule has 92 valence electrons. The van der Waals surface area contributed by atoms with E-state index >= 15 is 0 Å². The molecule has 0 spiro atoms. The Kier molecular flexibility index (Phi) is 2.93.